The van der Waals surface area contributed by atoms with Gasteiger partial charge in [-0.3, -0.25) is 0 Å². The smallest absolute Gasteiger partial charge is 0.420 e. The van der Waals surface area contributed by atoms with Crippen LogP contribution in [-0.2, 0) is 19.8 Å². The van der Waals surface area contributed by atoms with E-state index in [4.69, 9.17) is 4.42 Å². The van der Waals surface area contributed by atoms with Crippen LogP contribution in [0.2, 0.25) is 12.1 Å². The first kappa shape index (κ1) is 20.9. The van der Waals surface area contributed by atoms with Crippen LogP contribution >= 0.6 is 0 Å². The summed E-state index contributed by atoms with van der Waals surface area (Å²) in [6.45, 7) is 1.70. The number of aliphatic hydroxyl groups excluding tert-OH is 1. The Morgan fingerprint density at radius 2 is 2.00 bits per heavy atom. The summed E-state index contributed by atoms with van der Waals surface area (Å²) in [6, 6.07) is 12.1. The van der Waals surface area contributed by atoms with E-state index in [1.165, 1.54) is 6.07 Å². The highest BCUT2D eigenvalue weighted by Gasteiger charge is 2.51. The second kappa shape index (κ2) is 7.28. The summed E-state index contributed by atoms with van der Waals surface area (Å²) in [7, 11) is -0.163. The minimum atomic E-state index is -4.62. The summed E-state index contributed by atoms with van der Waals surface area (Å²) in [5, 5.41) is 19.0. The molecule has 10 heteroatoms. The fourth-order valence-electron chi connectivity index (χ4n) is 4.86. The van der Waals surface area contributed by atoms with Gasteiger partial charge >= 0.3 is 6.18 Å². The number of nitrogens with zero attached hydrogens (tertiary/aromatic N) is 4. The highest BCUT2D eigenvalue weighted by Crippen LogP contribution is 2.39. The van der Waals surface area contributed by atoms with Gasteiger partial charge in [-0.05, 0) is 53.0 Å². The van der Waals surface area contributed by atoms with Gasteiger partial charge in [-0.15, -0.1) is 10.2 Å². The Bertz CT molecular complexity index is 1310. The SMILES string of the molecule is CC1C[Si](c2cccc(-c3nc4cc(CO)cc(C(F)(F)F)c4o3)c2)(c2nncn2C)C1. The number of aryl methyl sites for hydroxylation is 1. The molecule has 1 fully saturated rings. The molecule has 3 heterocycles. The van der Waals surface area contributed by atoms with Crippen molar-refractivity contribution in [2.75, 3.05) is 0 Å². The third-order valence-electron chi connectivity index (χ3n) is 6.23. The van der Waals surface area contributed by atoms with Crippen molar-refractivity contribution in [3.05, 3.63) is 53.9 Å². The van der Waals surface area contributed by atoms with Crippen LogP contribution in [0.25, 0.3) is 22.6 Å². The minimum Gasteiger partial charge on any atom is -0.435 e. The van der Waals surface area contributed by atoms with Crippen LogP contribution in [0.15, 0.2) is 47.1 Å². The molecule has 0 unspecified atom stereocenters. The Balaban J connectivity index is 1.63. The number of hydrogen-bond donors (Lipinski definition) is 1. The molecule has 6 nitrogen and oxygen atoms in total. The van der Waals surface area contributed by atoms with E-state index in [-0.39, 0.29) is 22.6 Å². The fourth-order valence-corrected chi connectivity index (χ4v) is 10.0. The van der Waals surface area contributed by atoms with Crippen molar-refractivity contribution in [2.45, 2.75) is 31.8 Å². The van der Waals surface area contributed by atoms with Crippen LogP contribution in [-0.4, -0.2) is 32.9 Å². The molecule has 0 spiro atoms. The molecule has 0 atom stereocenters. The van der Waals surface area contributed by atoms with Gasteiger partial charge in [0, 0.05) is 12.6 Å². The van der Waals surface area contributed by atoms with Crippen LogP contribution in [0.1, 0.15) is 18.1 Å². The van der Waals surface area contributed by atoms with Crippen LogP contribution < -0.4 is 10.6 Å². The van der Waals surface area contributed by atoms with Gasteiger partial charge in [0.05, 0.1) is 6.61 Å². The number of hydrogen-bond acceptors (Lipinski definition) is 5. The van der Waals surface area contributed by atoms with Crippen LogP contribution in [0.5, 0.6) is 0 Å². The van der Waals surface area contributed by atoms with Gasteiger partial charge in [-0.1, -0.05) is 19.1 Å². The molecule has 4 aromatic rings. The van der Waals surface area contributed by atoms with Crippen molar-refractivity contribution in [2.24, 2.45) is 13.0 Å². The van der Waals surface area contributed by atoms with Gasteiger partial charge in [-0.2, -0.15) is 13.2 Å². The standard InChI is InChI=1S/C22H21F3N4O2Si/c1-13-10-32(11-13,21-28-26-12-29(21)2)16-5-3-4-15(8-16)20-27-18-7-14(9-30)6-17(19(18)31-20)22(23,24)25/h3-8,12-13,30H,9-11H2,1-2H3. The zero-order chi connectivity index (χ0) is 22.7. The predicted molar refractivity (Wildman–Crippen MR) is 115 cm³/mol. The summed E-state index contributed by atoms with van der Waals surface area (Å²) < 4.78 is 48.3. The Labute approximate surface area is 182 Å². The van der Waals surface area contributed by atoms with Gasteiger partial charge in [-0.25, -0.2) is 4.98 Å². The Kier molecular flexibility index (Phi) is 4.75. The summed E-state index contributed by atoms with van der Waals surface area (Å²) in [4.78, 5) is 4.33. The summed E-state index contributed by atoms with van der Waals surface area (Å²) in [6.07, 6.45) is -2.92. The number of rotatable bonds is 4. The number of halogens is 3. The molecule has 0 bridgehead atoms. The maximum absolute atomic E-state index is 13.6. The minimum absolute atomic E-state index is 0.0711. The van der Waals surface area contributed by atoms with E-state index < -0.39 is 26.4 Å². The zero-order valence-corrected chi connectivity index (χ0v) is 18.5. The van der Waals surface area contributed by atoms with Gasteiger partial charge in [0.1, 0.15) is 22.9 Å². The van der Waals surface area contributed by atoms with E-state index in [0.29, 0.717) is 11.5 Å². The second-order valence-electron chi connectivity index (χ2n) is 8.61. The van der Waals surface area contributed by atoms with Gasteiger partial charge in [0.2, 0.25) is 5.89 Å². The van der Waals surface area contributed by atoms with Crippen molar-refractivity contribution >= 4 is 29.8 Å². The van der Waals surface area contributed by atoms with Crippen LogP contribution in [0.4, 0.5) is 13.2 Å². The Hall–Kier alpha value is -2.98. The normalized spacial score (nSPS) is 21.1. The lowest BCUT2D eigenvalue weighted by molar-refractivity contribution is -0.136. The Morgan fingerprint density at radius 3 is 2.62 bits per heavy atom. The molecule has 0 saturated carbocycles. The number of alkyl halides is 3. The van der Waals surface area contributed by atoms with E-state index in [2.05, 4.69) is 28.2 Å². The summed E-state index contributed by atoms with van der Waals surface area (Å²) in [5.41, 5.74) is 0.555. The lowest BCUT2D eigenvalue weighted by Gasteiger charge is -2.43. The van der Waals surface area contributed by atoms with E-state index >= 15 is 0 Å². The monoisotopic (exact) mass is 458 g/mol. The summed E-state index contributed by atoms with van der Waals surface area (Å²) in [5.74, 6) is 0.703. The molecule has 1 aliphatic heterocycles. The van der Waals surface area contributed by atoms with Crippen molar-refractivity contribution in [1.82, 2.24) is 19.7 Å². The van der Waals surface area contributed by atoms with Crippen LogP contribution in [0, 0.1) is 5.92 Å². The van der Waals surface area contributed by atoms with Crippen molar-refractivity contribution in [1.29, 1.82) is 0 Å². The molecule has 1 aliphatic rings. The van der Waals surface area contributed by atoms with E-state index in [1.54, 1.807) is 12.4 Å². The molecular formula is C22H21F3N4O2Si. The summed E-state index contributed by atoms with van der Waals surface area (Å²) >= 11 is 0. The molecular weight excluding hydrogens is 437 g/mol. The number of benzene rings is 2. The highest BCUT2D eigenvalue weighted by atomic mass is 28.3. The molecule has 0 aliphatic carbocycles. The lowest BCUT2D eigenvalue weighted by atomic mass is 10.1. The first-order valence-corrected chi connectivity index (χ1v) is 12.7. The van der Waals surface area contributed by atoms with E-state index in [0.717, 1.165) is 28.8 Å². The Morgan fingerprint density at radius 1 is 1.22 bits per heavy atom. The number of aliphatic hydroxyl groups is 1. The average molecular weight is 459 g/mol. The number of fused-ring (bicyclic) bond motifs is 1. The quantitative estimate of drug-likeness (QED) is 0.475. The lowest BCUT2D eigenvalue weighted by Crippen LogP contribution is -2.68. The molecule has 0 radical (unpaired) electrons. The second-order valence-corrected chi connectivity index (χ2v) is 12.6. The fraction of sp³-hybridized carbons (Fsp3) is 0.318. The van der Waals surface area contributed by atoms with Crippen molar-refractivity contribution < 1.29 is 22.7 Å². The van der Waals surface area contributed by atoms with Crippen molar-refractivity contribution in [3.8, 4) is 11.5 Å². The molecule has 0 amide bonds. The first-order valence-electron chi connectivity index (χ1n) is 10.3. The van der Waals surface area contributed by atoms with Gasteiger partial charge in [0.25, 0.3) is 0 Å². The molecule has 1 saturated heterocycles. The van der Waals surface area contributed by atoms with Crippen LogP contribution in [0.3, 0.4) is 0 Å². The molecule has 1 N–H and O–H groups in total. The average Bonchev–Trinajstić information content (AvgIpc) is 3.36. The van der Waals surface area contributed by atoms with Crippen molar-refractivity contribution in [3.63, 3.8) is 0 Å². The van der Waals surface area contributed by atoms with Gasteiger partial charge in [0.15, 0.2) is 13.7 Å². The van der Waals surface area contributed by atoms with Gasteiger partial charge < -0.3 is 14.1 Å². The van der Waals surface area contributed by atoms with E-state index in [9.17, 15) is 18.3 Å². The number of oxazole rings is 1. The predicted octanol–water partition coefficient (Wildman–Crippen LogP) is 3.35. The zero-order valence-electron chi connectivity index (χ0n) is 17.5. The molecule has 2 aromatic heterocycles. The van der Waals surface area contributed by atoms with E-state index in [1.807, 2.05) is 23.7 Å². The molecule has 2 aromatic carbocycles. The maximum atomic E-state index is 13.6. The highest BCUT2D eigenvalue weighted by molar-refractivity contribution is 7.03. The number of aromatic nitrogens is 4. The third-order valence-corrected chi connectivity index (χ3v) is 11.7. The topological polar surface area (TPSA) is 77.0 Å². The molecule has 166 valence electrons. The third kappa shape index (κ3) is 3.25. The molecule has 32 heavy (non-hydrogen) atoms. The molecule has 5 rings (SSSR count). The maximum Gasteiger partial charge on any atom is 0.420 e. The largest absolute Gasteiger partial charge is 0.435 e. The first-order chi connectivity index (χ1) is 15.2.